The van der Waals surface area contributed by atoms with E-state index in [4.69, 9.17) is 5.73 Å². The largest absolute Gasteiger partial charge is 0.346 e. The monoisotopic (exact) mass is 427 g/mol. The lowest BCUT2D eigenvalue weighted by molar-refractivity contribution is -0.140. The van der Waals surface area contributed by atoms with Crippen molar-refractivity contribution in [3.05, 3.63) is 75.6 Å². The fourth-order valence-electron chi connectivity index (χ4n) is 3.00. The average molecular weight is 427 g/mol. The van der Waals surface area contributed by atoms with Crippen molar-refractivity contribution in [2.45, 2.75) is 19.5 Å². The van der Waals surface area contributed by atoms with Gasteiger partial charge in [0.1, 0.15) is 6.33 Å². The van der Waals surface area contributed by atoms with Crippen molar-refractivity contribution < 1.29 is 14.0 Å². The van der Waals surface area contributed by atoms with E-state index >= 15 is 0 Å². The SMILES string of the molecule is NC/C(=C\F)Cn1ncn(Cc2ccc(-c3ccc(C4=NOC(=O)C4)cc3)s2)c1=O. The molecule has 0 fully saturated rings. The number of carbonyl (C=O) groups is 1. The maximum absolute atomic E-state index is 12.7. The molecule has 1 aliphatic rings. The van der Waals surface area contributed by atoms with Gasteiger partial charge in [0.2, 0.25) is 0 Å². The number of halogens is 1. The van der Waals surface area contributed by atoms with Crippen molar-refractivity contribution >= 4 is 23.0 Å². The number of benzene rings is 1. The quantitative estimate of drug-likeness (QED) is 0.583. The first kappa shape index (κ1) is 19.9. The van der Waals surface area contributed by atoms with Gasteiger partial charge in [0.25, 0.3) is 0 Å². The topological polar surface area (TPSA) is 104 Å². The second-order valence-electron chi connectivity index (χ2n) is 6.69. The number of carbonyl (C=O) groups excluding carboxylic acids is 1. The Balaban J connectivity index is 1.47. The van der Waals surface area contributed by atoms with E-state index in [2.05, 4.69) is 15.1 Å². The summed E-state index contributed by atoms with van der Waals surface area (Å²) in [6.45, 7) is 0.428. The zero-order valence-corrected chi connectivity index (χ0v) is 16.6. The molecule has 0 atom stereocenters. The number of hydrogen-bond acceptors (Lipinski definition) is 7. The van der Waals surface area contributed by atoms with Gasteiger partial charge in [-0.15, -0.1) is 11.3 Å². The smallest absolute Gasteiger partial charge is 0.327 e. The number of rotatable bonds is 7. The Hall–Kier alpha value is -3.37. The molecule has 2 aromatic heterocycles. The van der Waals surface area contributed by atoms with Crippen LogP contribution < -0.4 is 11.4 Å². The van der Waals surface area contributed by atoms with Crippen molar-refractivity contribution in [3.8, 4) is 10.4 Å². The highest BCUT2D eigenvalue weighted by molar-refractivity contribution is 7.15. The summed E-state index contributed by atoms with van der Waals surface area (Å²) >= 11 is 1.56. The first-order valence-electron chi connectivity index (χ1n) is 9.14. The van der Waals surface area contributed by atoms with Crippen molar-refractivity contribution in [3.63, 3.8) is 0 Å². The minimum atomic E-state index is -0.351. The van der Waals surface area contributed by atoms with Crippen LogP contribution in [0.1, 0.15) is 16.9 Å². The van der Waals surface area contributed by atoms with E-state index in [1.165, 1.54) is 15.6 Å². The van der Waals surface area contributed by atoms with E-state index < -0.39 is 0 Å². The zero-order chi connectivity index (χ0) is 21.1. The molecule has 0 amide bonds. The van der Waals surface area contributed by atoms with Gasteiger partial charge in [0, 0.05) is 16.3 Å². The van der Waals surface area contributed by atoms with Gasteiger partial charge < -0.3 is 10.6 Å². The van der Waals surface area contributed by atoms with Gasteiger partial charge in [-0.1, -0.05) is 29.4 Å². The van der Waals surface area contributed by atoms with Crippen LogP contribution in [0.2, 0.25) is 0 Å². The van der Waals surface area contributed by atoms with Gasteiger partial charge in [-0.3, -0.25) is 4.57 Å². The van der Waals surface area contributed by atoms with Crippen LogP contribution in [0.3, 0.4) is 0 Å². The van der Waals surface area contributed by atoms with Gasteiger partial charge in [0.05, 0.1) is 31.6 Å². The second-order valence-corrected chi connectivity index (χ2v) is 7.86. The molecule has 0 aliphatic carbocycles. The molecule has 8 nitrogen and oxygen atoms in total. The molecule has 1 aliphatic heterocycles. The standard InChI is InChI=1S/C20H18FN5O3S/c21-8-13(9-22)10-26-20(28)25(12-23-26)11-16-5-6-18(30-16)15-3-1-14(2-4-15)17-7-19(27)29-24-17/h1-6,8,12H,7,9-11,22H2/b13-8+. The predicted molar refractivity (Wildman–Crippen MR) is 111 cm³/mol. The van der Waals surface area contributed by atoms with E-state index in [9.17, 15) is 14.0 Å². The predicted octanol–water partition coefficient (Wildman–Crippen LogP) is 2.28. The molecular weight excluding hydrogens is 409 g/mol. The summed E-state index contributed by atoms with van der Waals surface area (Å²) in [4.78, 5) is 30.3. The highest BCUT2D eigenvalue weighted by Gasteiger charge is 2.19. The fraction of sp³-hybridized carbons (Fsp3) is 0.200. The second kappa shape index (κ2) is 8.56. The Bertz CT molecular complexity index is 1190. The Kier molecular flexibility index (Phi) is 5.68. The van der Waals surface area contributed by atoms with E-state index in [1.54, 1.807) is 11.3 Å². The van der Waals surface area contributed by atoms with Gasteiger partial charge in [0.15, 0.2) is 0 Å². The van der Waals surface area contributed by atoms with Gasteiger partial charge in [-0.05, 0) is 28.8 Å². The Morgan fingerprint density at radius 2 is 1.97 bits per heavy atom. The fourth-order valence-corrected chi connectivity index (χ4v) is 4.01. The summed E-state index contributed by atoms with van der Waals surface area (Å²) in [5, 5.41) is 7.81. The molecular formula is C20H18FN5O3S. The molecule has 0 saturated heterocycles. The summed E-state index contributed by atoms with van der Waals surface area (Å²) in [6.07, 6.45) is 2.03. The molecule has 0 bridgehead atoms. The molecule has 30 heavy (non-hydrogen) atoms. The molecule has 2 N–H and O–H groups in total. The maximum atomic E-state index is 12.7. The normalized spacial score (nSPS) is 14.1. The number of oxime groups is 1. The number of thiophene rings is 1. The lowest BCUT2D eigenvalue weighted by Gasteiger charge is -2.02. The van der Waals surface area contributed by atoms with Crippen LogP contribution in [0.15, 0.2) is 64.6 Å². The Morgan fingerprint density at radius 1 is 1.20 bits per heavy atom. The molecule has 154 valence electrons. The Labute approximate surface area is 174 Å². The molecule has 0 saturated carbocycles. The summed E-state index contributed by atoms with van der Waals surface area (Å²) in [6, 6.07) is 11.7. The minimum absolute atomic E-state index is 0.0273. The third kappa shape index (κ3) is 4.14. The molecule has 4 rings (SSSR count). The van der Waals surface area contributed by atoms with Crippen LogP contribution in [0, 0.1) is 0 Å². The average Bonchev–Trinajstić information content (AvgIpc) is 3.49. The van der Waals surface area contributed by atoms with Crippen LogP contribution in [-0.2, 0) is 22.7 Å². The van der Waals surface area contributed by atoms with Crippen molar-refractivity contribution in [2.24, 2.45) is 10.9 Å². The number of aromatic nitrogens is 3. The van der Waals surface area contributed by atoms with Gasteiger partial charge in [-0.25, -0.2) is 18.7 Å². The van der Waals surface area contributed by atoms with Crippen LogP contribution in [0.25, 0.3) is 10.4 Å². The summed E-state index contributed by atoms with van der Waals surface area (Å²) in [7, 11) is 0. The molecule has 3 aromatic rings. The molecule has 1 aromatic carbocycles. The first-order valence-corrected chi connectivity index (χ1v) is 9.95. The number of nitrogens with zero attached hydrogens (tertiary/aromatic N) is 4. The van der Waals surface area contributed by atoms with E-state index in [-0.39, 0.29) is 31.2 Å². The van der Waals surface area contributed by atoms with Gasteiger partial charge in [-0.2, -0.15) is 5.10 Å². The first-order chi connectivity index (χ1) is 14.6. The summed E-state index contributed by atoms with van der Waals surface area (Å²) < 4.78 is 15.4. The highest BCUT2D eigenvalue weighted by atomic mass is 32.1. The number of nitrogens with two attached hydrogens (primary N) is 1. The maximum Gasteiger partial charge on any atom is 0.346 e. The van der Waals surface area contributed by atoms with E-state index in [0.29, 0.717) is 24.2 Å². The molecule has 0 radical (unpaired) electrons. The van der Waals surface area contributed by atoms with Crippen LogP contribution >= 0.6 is 11.3 Å². The highest BCUT2D eigenvalue weighted by Crippen LogP contribution is 2.29. The van der Waals surface area contributed by atoms with Crippen molar-refractivity contribution in [2.75, 3.05) is 6.54 Å². The van der Waals surface area contributed by atoms with Crippen molar-refractivity contribution in [1.82, 2.24) is 14.3 Å². The third-order valence-corrected chi connectivity index (χ3v) is 5.75. The van der Waals surface area contributed by atoms with Crippen LogP contribution in [0.5, 0.6) is 0 Å². The van der Waals surface area contributed by atoms with E-state index in [0.717, 1.165) is 20.9 Å². The molecule has 10 heteroatoms. The Morgan fingerprint density at radius 3 is 2.63 bits per heavy atom. The number of hydrogen-bond donors (Lipinski definition) is 1. The lowest BCUT2D eigenvalue weighted by atomic mass is 10.1. The molecule has 3 heterocycles. The minimum Gasteiger partial charge on any atom is -0.327 e. The van der Waals surface area contributed by atoms with E-state index in [1.807, 2.05) is 36.4 Å². The van der Waals surface area contributed by atoms with Crippen LogP contribution in [0.4, 0.5) is 4.39 Å². The summed E-state index contributed by atoms with van der Waals surface area (Å²) in [5.74, 6) is -0.351. The van der Waals surface area contributed by atoms with Crippen LogP contribution in [-0.4, -0.2) is 32.6 Å². The zero-order valence-electron chi connectivity index (χ0n) is 15.8. The van der Waals surface area contributed by atoms with Gasteiger partial charge >= 0.3 is 11.7 Å². The molecule has 0 unspecified atom stereocenters. The van der Waals surface area contributed by atoms with Crippen molar-refractivity contribution in [1.29, 1.82) is 0 Å². The third-order valence-electron chi connectivity index (χ3n) is 4.63. The lowest BCUT2D eigenvalue weighted by Crippen LogP contribution is -2.26. The summed E-state index contributed by atoms with van der Waals surface area (Å²) in [5.41, 5.74) is 7.89. The molecule has 0 spiro atoms.